The van der Waals surface area contributed by atoms with Crippen LogP contribution in [0, 0.1) is 23.5 Å². The number of halogens is 2. The Hall–Kier alpha value is -2.38. The van der Waals surface area contributed by atoms with E-state index in [-0.39, 0.29) is 11.2 Å². The predicted molar refractivity (Wildman–Crippen MR) is 105 cm³/mol. The Balaban J connectivity index is 1.55. The lowest BCUT2D eigenvalue weighted by Gasteiger charge is -2.48. The van der Waals surface area contributed by atoms with Crippen LogP contribution in [0.25, 0.3) is 0 Å². The van der Waals surface area contributed by atoms with E-state index in [1.807, 2.05) is 35.2 Å². The first kappa shape index (κ1) is 18.0. The lowest BCUT2D eigenvalue weighted by Crippen LogP contribution is -2.56. The molecular weight excluding hydrogens is 342 g/mol. The minimum absolute atomic E-state index is 0.0694. The Morgan fingerprint density at radius 2 is 1.52 bits per heavy atom. The molecular formula is C23H24F2N2. The molecule has 0 N–H and O–H groups in total. The van der Waals surface area contributed by atoms with E-state index >= 15 is 0 Å². The maximum absolute atomic E-state index is 14.7. The summed E-state index contributed by atoms with van der Waals surface area (Å²) in [6.45, 7) is 1.25. The third kappa shape index (κ3) is 3.57. The largest absolute Gasteiger partial charge is 0.354 e. The fourth-order valence-electron chi connectivity index (χ4n) is 4.46. The van der Waals surface area contributed by atoms with Gasteiger partial charge in [-0.2, -0.15) is 0 Å². The molecule has 2 aromatic carbocycles. The average Bonchev–Trinajstić information content (AvgIpc) is 3.13. The van der Waals surface area contributed by atoms with Gasteiger partial charge in [-0.25, -0.2) is 8.78 Å². The van der Waals surface area contributed by atoms with E-state index in [0.29, 0.717) is 18.8 Å². The van der Waals surface area contributed by atoms with E-state index in [1.54, 1.807) is 0 Å². The van der Waals surface area contributed by atoms with Crippen molar-refractivity contribution >= 4 is 5.69 Å². The van der Waals surface area contributed by atoms with Crippen LogP contribution in [0.4, 0.5) is 14.5 Å². The molecule has 0 bridgehead atoms. The fourth-order valence-corrected chi connectivity index (χ4v) is 4.46. The number of anilines is 1. The fraction of sp³-hybridized carbons (Fsp3) is 0.391. The molecule has 0 atom stereocenters. The average molecular weight is 366 g/mol. The van der Waals surface area contributed by atoms with Crippen molar-refractivity contribution in [2.24, 2.45) is 0 Å². The quantitative estimate of drug-likeness (QED) is 0.671. The molecule has 1 heterocycles. The molecule has 0 amide bonds. The minimum Gasteiger partial charge on any atom is -0.354 e. The number of benzene rings is 2. The lowest BCUT2D eigenvalue weighted by molar-refractivity contribution is 0.0888. The highest BCUT2D eigenvalue weighted by Crippen LogP contribution is 2.41. The Labute approximate surface area is 159 Å². The molecule has 27 heavy (non-hydrogen) atoms. The maximum Gasteiger partial charge on any atom is 0.150 e. The van der Waals surface area contributed by atoms with Gasteiger partial charge in [-0.15, -0.1) is 0 Å². The van der Waals surface area contributed by atoms with Gasteiger partial charge < -0.3 is 4.90 Å². The minimum atomic E-state index is -0.539. The zero-order chi connectivity index (χ0) is 18.9. The third-order valence-electron chi connectivity index (χ3n) is 6.03. The van der Waals surface area contributed by atoms with Gasteiger partial charge in [0.15, 0.2) is 11.6 Å². The smallest absolute Gasteiger partial charge is 0.150 e. The van der Waals surface area contributed by atoms with E-state index in [9.17, 15) is 8.78 Å². The second kappa shape index (κ2) is 7.32. The number of hydrogen-bond donors (Lipinski definition) is 0. The number of hydrogen-bond acceptors (Lipinski definition) is 2. The number of rotatable bonds is 1. The van der Waals surface area contributed by atoms with Crippen LogP contribution in [0.2, 0.25) is 0 Å². The highest BCUT2D eigenvalue weighted by atomic mass is 19.1. The van der Waals surface area contributed by atoms with Crippen molar-refractivity contribution in [3.05, 3.63) is 65.2 Å². The Bertz CT molecular complexity index is 853. The summed E-state index contributed by atoms with van der Waals surface area (Å²) in [6, 6.07) is 12.1. The van der Waals surface area contributed by atoms with Gasteiger partial charge >= 0.3 is 0 Å². The van der Waals surface area contributed by atoms with Crippen molar-refractivity contribution in [1.82, 2.24) is 4.90 Å². The maximum atomic E-state index is 14.7. The van der Waals surface area contributed by atoms with Gasteiger partial charge in [-0.3, -0.25) is 4.90 Å². The third-order valence-corrected chi connectivity index (χ3v) is 6.03. The lowest BCUT2D eigenvalue weighted by atomic mass is 9.89. The monoisotopic (exact) mass is 366 g/mol. The van der Waals surface area contributed by atoms with Crippen molar-refractivity contribution in [3.63, 3.8) is 0 Å². The molecule has 2 aliphatic rings. The van der Waals surface area contributed by atoms with Crippen molar-refractivity contribution in [2.45, 2.75) is 37.6 Å². The zero-order valence-corrected chi connectivity index (χ0v) is 15.6. The molecule has 4 heteroatoms. The van der Waals surface area contributed by atoms with E-state index in [1.165, 1.54) is 37.8 Å². The van der Waals surface area contributed by atoms with Gasteiger partial charge in [0.2, 0.25) is 0 Å². The predicted octanol–water partition coefficient (Wildman–Crippen LogP) is 4.78. The molecule has 1 aliphatic carbocycles. The summed E-state index contributed by atoms with van der Waals surface area (Å²) in [7, 11) is 2.08. The van der Waals surface area contributed by atoms with Crippen LogP contribution < -0.4 is 4.90 Å². The summed E-state index contributed by atoms with van der Waals surface area (Å²) in [5.74, 6) is 4.73. The first-order chi connectivity index (χ1) is 13.1. The highest BCUT2D eigenvalue weighted by Gasteiger charge is 2.41. The SMILES string of the molecule is CN1CN(c2c(F)cc(C#Cc3ccccc3)cc2F)CCC12CCCC2. The molecule has 2 aromatic rings. The van der Waals surface area contributed by atoms with E-state index in [2.05, 4.69) is 23.8 Å². The second-order valence-corrected chi connectivity index (χ2v) is 7.69. The van der Waals surface area contributed by atoms with Crippen LogP contribution in [0.1, 0.15) is 43.2 Å². The number of nitrogens with zero attached hydrogens (tertiary/aromatic N) is 2. The van der Waals surface area contributed by atoms with Crippen molar-refractivity contribution in [3.8, 4) is 11.8 Å². The van der Waals surface area contributed by atoms with Gasteiger partial charge in [0, 0.05) is 23.2 Å². The van der Waals surface area contributed by atoms with Crippen LogP contribution in [-0.2, 0) is 0 Å². The van der Waals surface area contributed by atoms with E-state index in [0.717, 1.165) is 12.0 Å². The Morgan fingerprint density at radius 3 is 2.15 bits per heavy atom. The topological polar surface area (TPSA) is 6.48 Å². The van der Waals surface area contributed by atoms with Crippen molar-refractivity contribution in [1.29, 1.82) is 0 Å². The molecule has 1 saturated heterocycles. The first-order valence-corrected chi connectivity index (χ1v) is 9.60. The molecule has 0 radical (unpaired) electrons. The van der Waals surface area contributed by atoms with Crippen LogP contribution in [0.3, 0.4) is 0 Å². The Kier molecular flexibility index (Phi) is 4.88. The summed E-state index contributed by atoms with van der Waals surface area (Å²) >= 11 is 0. The Morgan fingerprint density at radius 1 is 0.889 bits per heavy atom. The van der Waals surface area contributed by atoms with Crippen molar-refractivity contribution in [2.75, 3.05) is 25.2 Å². The molecule has 1 spiro atoms. The van der Waals surface area contributed by atoms with Crippen LogP contribution >= 0.6 is 0 Å². The van der Waals surface area contributed by atoms with Gasteiger partial charge in [0.1, 0.15) is 5.69 Å². The molecule has 1 aliphatic heterocycles. The van der Waals surface area contributed by atoms with Crippen LogP contribution in [-0.4, -0.2) is 30.7 Å². The van der Waals surface area contributed by atoms with Gasteiger partial charge in [0.05, 0.1) is 6.67 Å². The standard InChI is InChI=1S/C23H24F2N2/c1-26-17-27(14-13-23(26)11-5-6-12-23)22-20(24)15-19(16-21(22)25)10-9-18-7-3-2-4-8-18/h2-4,7-8,15-16H,5-6,11-14,17H2,1H3. The van der Waals surface area contributed by atoms with Crippen LogP contribution in [0.5, 0.6) is 0 Å². The summed E-state index contributed by atoms with van der Waals surface area (Å²) < 4.78 is 29.5. The first-order valence-electron chi connectivity index (χ1n) is 9.60. The molecule has 140 valence electrons. The normalized spacial score (nSPS) is 19.1. The molecule has 1 saturated carbocycles. The van der Waals surface area contributed by atoms with Crippen molar-refractivity contribution < 1.29 is 8.78 Å². The molecule has 4 rings (SSSR count). The summed E-state index contributed by atoms with van der Waals surface area (Å²) in [6.07, 6.45) is 5.84. The summed E-state index contributed by atoms with van der Waals surface area (Å²) in [5.41, 5.74) is 1.47. The molecule has 0 aromatic heterocycles. The molecule has 0 unspecified atom stereocenters. The summed E-state index contributed by atoms with van der Waals surface area (Å²) in [5, 5.41) is 0. The second-order valence-electron chi connectivity index (χ2n) is 7.69. The zero-order valence-electron chi connectivity index (χ0n) is 15.6. The molecule has 2 fully saturated rings. The highest BCUT2D eigenvalue weighted by molar-refractivity contribution is 5.54. The van der Waals surface area contributed by atoms with Gasteiger partial charge in [-0.1, -0.05) is 42.9 Å². The van der Waals surface area contributed by atoms with E-state index in [4.69, 9.17) is 0 Å². The van der Waals surface area contributed by atoms with Crippen LogP contribution in [0.15, 0.2) is 42.5 Å². The summed E-state index contributed by atoms with van der Waals surface area (Å²) in [4.78, 5) is 4.11. The molecule has 2 nitrogen and oxygen atoms in total. The van der Waals surface area contributed by atoms with E-state index < -0.39 is 11.6 Å². The van der Waals surface area contributed by atoms with Gasteiger partial charge in [-0.05, 0) is 50.6 Å². The van der Waals surface area contributed by atoms with Gasteiger partial charge in [0.25, 0.3) is 0 Å².